The first-order valence-corrected chi connectivity index (χ1v) is 7.42. The molecule has 20 heavy (non-hydrogen) atoms. The number of hydrogen-bond acceptors (Lipinski definition) is 6. The maximum Gasteiger partial charge on any atom is 0.277 e. The lowest BCUT2D eigenvalue weighted by molar-refractivity contribution is -0.120. The molecule has 112 valence electrons. The van der Waals surface area contributed by atoms with Gasteiger partial charge in [0.25, 0.3) is 5.22 Å². The first kappa shape index (κ1) is 16.7. The van der Waals surface area contributed by atoms with Crippen molar-refractivity contribution in [3.8, 4) is 0 Å². The molecule has 0 radical (unpaired) electrons. The summed E-state index contributed by atoms with van der Waals surface area (Å²) in [6, 6.07) is 0.0988. The zero-order chi connectivity index (χ0) is 15.1. The van der Waals surface area contributed by atoms with E-state index < -0.39 is 0 Å². The van der Waals surface area contributed by atoms with E-state index in [1.54, 1.807) is 13.0 Å². The van der Waals surface area contributed by atoms with Crippen LogP contribution in [0.3, 0.4) is 0 Å². The van der Waals surface area contributed by atoms with Crippen molar-refractivity contribution in [2.75, 3.05) is 20.6 Å². The molecule has 1 aromatic heterocycles. The van der Waals surface area contributed by atoms with Gasteiger partial charge in [0.05, 0.1) is 11.3 Å². The second-order valence-electron chi connectivity index (χ2n) is 4.59. The summed E-state index contributed by atoms with van der Waals surface area (Å²) in [4.78, 5) is 13.8. The lowest BCUT2D eigenvalue weighted by Gasteiger charge is -2.18. The van der Waals surface area contributed by atoms with Gasteiger partial charge in [0, 0.05) is 6.54 Å². The highest BCUT2D eigenvalue weighted by Crippen LogP contribution is 2.26. The van der Waals surface area contributed by atoms with Crippen LogP contribution in [0.2, 0.25) is 0 Å². The SMILES string of the molecule is C=CCNC(=O)[C@H](C)Sc1nnc([C@H](CC)N(C)C)o1. The molecule has 0 saturated carbocycles. The quantitative estimate of drug-likeness (QED) is 0.583. The molecule has 1 heterocycles. The molecule has 7 heteroatoms. The molecule has 0 aliphatic carbocycles. The fourth-order valence-electron chi connectivity index (χ4n) is 1.68. The van der Waals surface area contributed by atoms with Gasteiger partial charge in [-0.05, 0) is 27.4 Å². The zero-order valence-corrected chi connectivity index (χ0v) is 13.2. The maximum atomic E-state index is 11.7. The second-order valence-corrected chi connectivity index (χ2v) is 5.88. The number of rotatable bonds is 8. The fraction of sp³-hybridized carbons (Fsp3) is 0.615. The molecule has 1 N–H and O–H groups in total. The molecule has 6 nitrogen and oxygen atoms in total. The van der Waals surface area contributed by atoms with Crippen molar-refractivity contribution < 1.29 is 9.21 Å². The van der Waals surface area contributed by atoms with Crippen LogP contribution >= 0.6 is 11.8 Å². The van der Waals surface area contributed by atoms with E-state index in [-0.39, 0.29) is 17.2 Å². The van der Waals surface area contributed by atoms with Crippen LogP contribution in [0.25, 0.3) is 0 Å². The van der Waals surface area contributed by atoms with Crippen LogP contribution in [-0.4, -0.2) is 46.9 Å². The Balaban J connectivity index is 2.63. The molecule has 1 amide bonds. The van der Waals surface area contributed by atoms with Crippen molar-refractivity contribution in [1.82, 2.24) is 20.4 Å². The molecule has 0 aliphatic rings. The number of amides is 1. The molecule has 1 rings (SSSR count). The van der Waals surface area contributed by atoms with Crippen molar-refractivity contribution in [2.24, 2.45) is 0 Å². The summed E-state index contributed by atoms with van der Waals surface area (Å²) in [6.45, 7) is 7.88. The highest BCUT2D eigenvalue weighted by Gasteiger charge is 2.22. The van der Waals surface area contributed by atoms with E-state index in [4.69, 9.17) is 4.42 Å². The van der Waals surface area contributed by atoms with Crippen LogP contribution in [0, 0.1) is 0 Å². The van der Waals surface area contributed by atoms with E-state index in [1.165, 1.54) is 11.8 Å². The molecule has 0 spiro atoms. The van der Waals surface area contributed by atoms with Gasteiger partial charge >= 0.3 is 0 Å². The van der Waals surface area contributed by atoms with Gasteiger partial charge in [0.1, 0.15) is 0 Å². The van der Waals surface area contributed by atoms with Crippen LogP contribution in [-0.2, 0) is 4.79 Å². The molecule has 0 aromatic carbocycles. The summed E-state index contributed by atoms with van der Waals surface area (Å²) in [5.74, 6) is 0.507. The second kappa shape index (κ2) is 8.06. The summed E-state index contributed by atoms with van der Waals surface area (Å²) in [5.41, 5.74) is 0. The Morgan fingerprint density at radius 2 is 2.25 bits per heavy atom. The number of carbonyl (C=O) groups excluding carboxylic acids is 1. The maximum absolute atomic E-state index is 11.7. The van der Waals surface area contributed by atoms with Crippen molar-refractivity contribution in [2.45, 2.75) is 36.8 Å². The summed E-state index contributed by atoms with van der Waals surface area (Å²) >= 11 is 1.26. The van der Waals surface area contributed by atoms with Gasteiger partial charge in [0.2, 0.25) is 11.8 Å². The Morgan fingerprint density at radius 3 is 2.80 bits per heavy atom. The third-order valence-corrected chi connectivity index (χ3v) is 3.72. The summed E-state index contributed by atoms with van der Waals surface area (Å²) in [6.07, 6.45) is 2.53. The molecule has 2 atom stereocenters. The summed E-state index contributed by atoms with van der Waals surface area (Å²) in [7, 11) is 3.94. The number of aromatic nitrogens is 2. The number of nitrogens with zero attached hydrogens (tertiary/aromatic N) is 3. The van der Waals surface area contributed by atoms with Crippen LogP contribution < -0.4 is 5.32 Å². The van der Waals surface area contributed by atoms with Crippen molar-refractivity contribution >= 4 is 17.7 Å². The lowest BCUT2D eigenvalue weighted by atomic mass is 10.2. The Kier molecular flexibility index (Phi) is 6.74. The van der Waals surface area contributed by atoms with Gasteiger partial charge in [-0.1, -0.05) is 24.8 Å². The summed E-state index contributed by atoms with van der Waals surface area (Å²) in [5, 5.41) is 10.9. The first-order chi connectivity index (χ1) is 9.49. The molecular formula is C13H22N4O2S. The molecule has 0 bridgehead atoms. The lowest BCUT2D eigenvalue weighted by Crippen LogP contribution is -2.30. The molecule has 0 aliphatic heterocycles. The highest BCUT2D eigenvalue weighted by atomic mass is 32.2. The van der Waals surface area contributed by atoms with Gasteiger partial charge in [-0.3, -0.25) is 9.69 Å². The number of thioether (sulfide) groups is 1. The smallest absolute Gasteiger partial charge is 0.277 e. The Bertz CT molecular complexity index is 447. The predicted molar refractivity (Wildman–Crippen MR) is 79.5 cm³/mol. The molecule has 0 saturated heterocycles. The minimum Gasteiger partial charge on any atom is -0.414 e. The van der Waals surface area contributed by atoms with Crippen LogP contribution in [0.15, 0.2) is 22.3 Å². The minimum absolute atomic E-state index is 0.0747. The van der Waals surface area contributed by atoms with E-state index in [0.717, 1.165) is 6.42 Å². The largest absolute Gasteiger partial charge is 0.414 e. The minimum atomic E-state index is -0.289. The zero-order valence-electron chi connectivity index (χ0n) is 12.4. The molecule has 0 unspecified atom stereocenters. The molecule has 0 fully saturated rings. The predicted octanol–water partition coefficient (Wildman–Crippen LogP) is 1.87. The normalized spacial score (nSPS) is 14.1. The number of nitrogens with one attached hydrogen (secondary N) is 1. The number of hydrogen-bond donors (Lipinski definition) is 1. The molecular weight excluding hydrogens is 276 g/mol. The van der Waals surface area contributed by atoms with Crippen LogP contribution in [0.1, 0.15) is 32.2 Å². The van der Waals surface area contributed by atoms with E-state index in [0.29, 0.717) is 17.7 Å². The average molecular weight is 298 g/mol. The van der Waals surface area contributed by atoms with Gasteiger partial charge in [0.15, 0.2) is 0 Å². The van der Waals surface area contributed by atoms with Crippen LogP contribution in [0.5, 0.6) is 0 Å². The van der Waals surface area contributed by atoms with Crippen molar-refractivity contribution in [1.29, 1.82) is 0 Å². The summed E-state index contributed by atoms with van der Waals surface area (Å²) < 4.78 is 5.62. The Morgan fingerprint density at radius 1 is 1.55 bits per heavy atom. The fourth-order valence-corrected chi connectivity index (χ4v) is 2.40. The standard InChI is InChI=1S/C13H22N4O2S/c1-6-8-14-11(18)9(3)20-13-16-15-12(19-13)10(7-2)17(4)5/h6,9-10H,1,7-8H2,2-5H3,(H,14,18)/t9-,10-/m0/s1. The Hall–Kier alpha value is -1.34. The third kappa shape index (κ3) is 4.64. The van der Waals surface area contributed by atoms with Crippen LogP contribution in [0.4, 0.5) is 0 Å². The first-order valence-electron chi connectivity index (χ1n) is 6.54. The Labute approximate surface area is 124 Å². The van der Waals surface area contributed by atoms with Gasteiger partial charge in [-0.25, -0.2) is 0 Å². The van der Waals surface area contributed by atoms with E-state index >= 15 is 0 Å². The third-order valence-electron chi connectivity index (χ3n) is 2.78. The topological polar surface area (TPSA) is 71.3 Å². The van der Waals surface area contributed by atoms with Crippen molar-refractivity contribution in [3.05, 3.63) is 18.5 Å². The van der Waals surface area contributed by atoms with E-state index in [1.807, 2.05) is 19.0 Å². The van der Waals surface area contributed by atoms with Crippen molar-refractivity contribution in [3.63, 3.8) is 0 Å². The van der Waals surface area contributed by atoms with Gasteiger partial charge in [-0.15, -0.1) is 16.8 Å². The van der Waals surface area contributed by atoms with Gasteiger partial charge in [-0.2, -0.15) is 0 Å². The molecule has 1 aromatic rings. The van der Waals surface area contributed by atoms with Gasteiger partial charge < -0.3 is 9.73 Å². The van der Waals surface area contributed by atoms with E-state index in [9.17, 15) is 4.79 Å². The average Bonchev–Trinajstić information content (AvgIpc) is 2.84. The highest BCUT2D eigenvalue weighted by molar-refractivity contribution is 8.00. The number of carbonyl (C=O) groups is 1. The monoisotopic (exact) mass is 298 g/mol. The van der Waals surface area contributed by atoms with E-state index in [2.05, 4.69) is 29.0 Å².